The molecule has 3 rings (SSSR count). The minimum Gasteiger partial charge on any atom is -0.460 e. The Labute approximate surface area is 252 Å². The number of hydrogen-bond donors (Lipinski definition) is 0. The van der Waals surface area contributed by atoms with Crippen molar-refractivity contribution in [3.63, 3.8) is 0 Å². The number of carbonyl (C=O) groups excluding carboxylic acids is 3. The average Bonchev–Trinajstić information content (AvgIpc) is 3.35. The fourth-order valence-electron chi connectivity index (χ4n) is 7.37. The first-order valence-corrected chi connectivity index (χ1v) is 27.4. The molecule has 0 radical (unpaired) electrons. The highest BCUT2D eigenvalue weighted by atomic mass is 28.5. The van der Waals surface area contributed by atoms with Crippen molar-refractivity contribution in [1.82, 2.24) is 0 Å². The summed E-state index contributed by atoms with van der Waals surface area (Å²) in [6, 6.07) is 0. The zero-order valence-electron chi connectivity index (χ0n) is 28.0. The molecule has 1 heterocycles. The zero-order valence-corrected chi connectivity index (χ0v) is 32.0. The second-order valence-electron chi connectivity index (χ2n) is 16.7. The summed E-state index contributed by atoms with van der Waals surface area (Å²) in [5.41, 5.74) is -0.608. The number of carbonyl (C=O) groups is 3. The first kappa shape index (κ1) is 34.8. The van der Waals surface area contributed by atoms with Crippen LogP contribution in [0.5, 0.6) is 0 Å². The fourth-order valence-corrected chi connectivity index (χ4v) is 22.2. The predicted molar refractivity (Wildman–Crippen MR) is 169 cm³/mol. The molecule has 0 aromatic heterocycles. The van der Waals surface area contributed by atoms with Crippen LogP contribution in [-0.2, 0) is 36.2 Å². The van der Waals surface area contributed by atoms with Gasteiger partial charge in [-0.3, -0.25) is 14.4 Å². The van der Waals surface area contributed by atoms with E-state index in [0.29, 0.717) is 12.8 Å². The molecule has 41 heavy (non-hydrogen) atoms. The summed E-state index contributed by atoms with van der Waals surface area (Å²) in [7, 11) is -9.51. The monoisotopic (exact) mass is 644 g/mol. The van der Waals surface area contributed by atoms with Crippen molar-refractivity contribution < 1.29 is 36.2 Å². The molecule has 1 saturated heterocycles. The van der Waals surface area contributed by atoms with Crippen LogP contribution in [0.3, 0.4) is 0 Å². The average molecular weight is 645 g/mol. The Bertz CT molecular complexity index is 965. The van der Waals surface area contributed by atoms with E-state index in [9.17, 15) is 14.4 Å². The standard InChI is InChI=1S/C29H56O8Si4/c1-18(41(35-38(6,7)8,36-39(9,10)11)37-40(12,13)14)15-22-21-16-20(17-23(21)27(31)34-29(3,4)5)25(22)24-19(2)26(30)33-28(24)32/h18-25H,15-17H2,1-14H3. The quantitative estimate of drug-likeness (QED) is 0.137. The summed E-state index contributed by atoms with van der Waals surface area (Å²) >= 11 is 0. The van der Waals surface area contributed by atoms with Gasteiger partial charge in [0.25, 0.3) is 0 Å². The van der Waals surface area contributed by atoms with Gasteiger partial charge in [-0.25, -0.2) is 0 Å². The Morgan fingerprint density at radius 1 is 0.878 bits per heavy atom. The van der Waals surface area contributed by atoms with Gasteiger partial charge in [0.15, 0.2) is 25.0 Å². The topological polar surface area (TPSA) is 97.4 Å². The van der Waals surface area contributed by atoms with E-state index >= 15 is 0 Å². The molecular formula is C29H56O8Si4. The smallest absolute Gasteiger partial charge is 0.460 e. The SMILES string of the molecule is CC1C(=O)OC(=O)C1C1C2CC(C(=O)OC(C)(C)C)C(C2)C1CC(C)[Si](O[Si](C)(C)C)(O[Si](C)(C)C)O[Si](C)(C)C. The number of cyclic esters (lactones) is 2. The number of rotatable bonds is 11. The van der Waals surface area contributed by atoms with E-state index in [-0.39, 0.29) is 41.1 Å². The van der Waals surface area contributed by atoms with E-state index in [2.05, 4.69) is 65.8 Å². The van der Waals surface area contributed by atoms with Gasteiger partial charge in [-0.05, 0) is 123 Å². The predicted octanol–water partition coefficient (Wildman–Crippen LogP) is 6.83. The van der Waals surface area contributed by atoms with Crippen molar-refractivity contribution in [1.29, 1.82) is 0 Å². The number of hydrogen-bond acceptors (Lipinski definition) is 8. The summed E-state index contributed by atoms with van der Waals surface area (Å²) in [6.45, 7) is 29.4. The van der Waals surface area contributed by atoms with Gasteiger partial charge in [-0.2, -0.15) is 0 Å². The van der Waals surface area contributed by atoms with Crippen molar-refractivity contribution in [3.8, 4) is 0 Å². The van der Waals surface area contributed by atoms with Crippen molar-refractivity contribution in [3.05, 3.63) is 0 Å². The van der Waals surface area contributed by atoms with Crippen molar-refractivity contribution in [2.24, 2.45) is 41.4 Å². The highest BCUT2D eigenvalue weighted by Crippen LogP contribution is 2.62. The highest BCUT2D eigenvalue weighted by Gasteiger charge is 2.63. The molecule has 8 atom stereocenters. The third-order valence-corrected chi connectivity index (χ3v) is 20.5. The summed E-state index contributed by atoms with van der Waals surface area (Å²) < 4.78 is 32.2. The molecular weight excluding hydrogens is 589 g/mol. The Kier molecular flexibility index (Phi) is 9.94. The maximum absolute atomic E-state index is 13.4. The summed E-state index contributed by atoms with van der Waals surface area (Å²) in [5, 5.41) is 0. The Balaban J connectivity index is 2.06. The van der Waals surface area contributed by atoms with E-state index in [1.54, 1.807) is 0 Å². The first-order valence-electron chi connectivity index (χ1n) is 15.4. The molecule has 8 nitrogen and oxygen atoms in total. The van der Waals surface area contributed by atoms with Gasteiger partial charge in [0.2, 0.25) is 0 Å². The van der Waals surface area contributed by atoms with Crippen LogP contribution >= 0.6 is 0 Å². The molecule has 12 heteroatoms. The van der Waals surface area contributed by atoms with E-state index in [0.717, 1.165) is 6.42 Å². The Hall–Kier alpha value is -0.642. The second-order valence-corrected chi connectivity index (χ2v) is 34.0. The van der Waals surface area contributed by atoms with Gasteiger partial charge in [0.05, 0.1) is 17.8 Å². The molecule has 0 N–H and O–H groups in total. The molecule has 2 aliphatic carbocycles. The second kappa shape index (κ2) is 11.7. The van der Waals surface area contributed by atoms with Crippen LogP contribution in [0.25, 0.3) is 0 Å². The van der Waals surface area contributed by atoms with Crippen LogP contribution in [-0.4, -0.2) is 57.3 Å². The molecule has 3 aliphatic rings. The Morgan fingerprint density at radius 2 is 1.37 bits per heavy atom. The van der Waals surface area contributed by atoms with Crippen LogP contribution < -0.4 is 0 Å². The lowest BCUT2D eigenvalue weighted by molar-refractivity contribution is -0.163. The lowest BCUT2D eigenvalue weighted by atomic mass is 9.65. The number of esters is 3. The molecule has 0 spiro atoms. The lowest BCUT2D eigenvalue weighted by Gasteiger charge is -2.47. The minimum atomic E-state index is -3.22. The summed E-state index contributed by atoms with van der Waals surface area (Å²) in [4.78, 5) is 39.0. The molecule has 0 amide bonds. The lowest BCUT2D eigenvalue weighted by Crippen LogP contribution is -2.63. The van der Waals surface area contributed by atoms with Crippen LogP contribution in [0.2, 0.25) is 64.5 Å². The zero-order chi connectivity index (χ0) is 31.5. The highest BCUT2D eigenvalue weighted by molar-refractivity contribution is 6.90. The van der Waals surface area contributed by atoms with Crippen molar-refractivity contribution in [2.75, 3.05) is 0 Å². The van der Waals surface area contributed by atoms with Crippen molar-refractivity contribution >= 4 is 51.7 Å². The van der Waals surface area contributed by atoms with Crippen LogP contribution in [0.4, 0.5) is 0 Å². The maximum atomic E-state index is 13.4. The molecule has 2 saturated carbocycles. The minimum absolute atomic E-state index is 0.0275. The molecule has 8 unspecified atom stereocenters. The van der Waals surface area contributed by atoms with Gasteiger partial charge in [0.1, 0.15) is 5.60 Å². The number of fused-ring (bicyclic) bond motifs is 2. The van der Waals surface area contributed by atoms with Crippen LogP contribution in [0, 0.1) is 41.4 Å². The van der Waals surface area contributed by atoms with Gasteiger partial charge in [0, 0.05) is 5.54 Å². The van der Waals surface area contributed by atoms with Gasteiger partial charge in [-0.1, -0.05) is 13.8 Å². The summed E-state index contributed by atoms with van der Waals surface area (Å²) in [5.74, 6) is -1.98. The van der Waals surface area contributed by atoms with Crippen molar-refractivity contribution in [2.45, 2.75) is 124 Å². The van der Waals surface area contributed by atoms with E-state index < -0.39 is 63.1 Å². The van der Waals surface area contributed by atoms with Gasteiger partial charge in [-0.15, -0.1) is 0 Å². The van der Waals surface area contributed by atoms with Gasteiger partial charge >= 0.3 is 26.7 Å². The Morgan fingerprint density at radius 3 is 1.76 bits per heavy atom. The largest absolute Gasteiger partial charge is 0.472 e. The van der Waals surface area contributed by atoms with E-state index in [4.69, 9.17) is 21.8 Å². The van der Waals surface area contributed by atoms with Crippen LogP contribution in [0.1, 0.15) is 53.9 Å². The first-order chi connectivity index (χ1) is 18.3. The van der Waals surface area contributed by atoms with Crippen LogP contribution in [0.15, 0.2) is 0 Å². The summed E-state index contributed by atoms with van der Waals surface area (Å²) in [6.07, 6.45) is 2.25. The van der Waals surface area contributed by atoms with Gasteiger partial charge < -0.3 is 21.8 Å². The fraction of sp³-hybridized carbons (Fsp3) is 0.897. The molecule has 3 fully saturated rings. The van der Waals surface area contributed by atoms with E-state index in [1.165, 1.54) is 0 Å². The molecule has 0 aromatic rings. The normalized spacial score (nSPS) is 31.9. The third-order valence-electron chi connectivity index (χ3n) is 8.32. The molecule has 236 valence electrons. The molecule has 0 aromatic carbocycles. The maximum Gasteiger partial charge on any atom is 0.472 e. The van der Waals surface area contributed by atoms with E-state index in [1.807, 2.05) is 27.7 Å². The third kappa shape index (κ3) is 8.51. The number of ether oxygens (including phenoxy) is 2. The molecule has 2 bridgehead atoms. The molecule has 1 aliphatic heterocycles.